The van der Waals surface area contributed by atoms with Crippen LogP contribution in [0.5, 0.6) is 0 Å². The predicted molar refractivity (Wildman–Crippen MR) is 142 cm³/mol. The summed E-state index contributed by atoms with van der Waals surface area (Å²) < 4.78 is 25.2. The Kier molecular flexibility index (Phi) is 6.83. The van der Waals surface area contributed by atoms with E-state index < -0.39 is 9.84 Å². The van der Waals surface area contributed by atoms with E-state index in [1.165, 1.54) is 23.5 Å². The van der Waals surface area contributed by atoms with E-state index in [0.29, 0.717) is 33.3 Å². The summed E-state index contributed by atoms with van der Waals surface area (Å²) in [6.45, 7) is 7.54. The van der Waals surface area contributed by atoms with Crippen LogP contribution in [0.3, 0.4) is 0 Å². The number of anilines is 2. The van der Waals surface area contributed by atoms with Crippen molar-refractivity contribution in [3.8, 4) is 5.69 Å². The number of sulfone groups is 1. The number of aromatic nitrogens is 2. The first-order valence-electron chi connectivity index (χ1n) is 11.1. The van der Waals surface area contributed by atoms with Crippen molar-refractivity contribution in [1.82, 2.24) is 9.55 Å². The number of hydrogen-bond donors (Lipinski definition) is 2. The van der Waals surface area contributed by atoms with Gasteiger partial charge in [0.1, 0.15) is 0 Å². The van der Waals surface area contributed by atoms with Gasteiger partial charge in [-0.15, -0.1) is 11.3 Å². The van der Waals surface area contributed by atoms with Gasteiger partial charge in [0.05, 0.1) is 27.4 Å². The number of carbonyl (C=O) groups excluding carboxylic acids is 2. The van der Waals surface area contributed by atoms with Crippen LogP contribution in [0, 0.1) is 27.7 Å². The van der Waals surface area contributed by atoms with Gasteiger partial charge in [-0.2, -0.15) is 0 Å². The Morgan fingerprint density at radius 2 is 1.53 bits per heavy atom. The van der Waals surface area contributed by atoms with E-state index in [1.54, 1.807) is 30.3 Å². The number of hydrogen-bond acceptors (Lipinski definition) is 6. The highest BCUT2D eigenvalue weighted by atomic mass is 32.2. The second-order valence-electron chi connectivity index (χ2n) is 8.50. The van der Waals surface area contributed by atoms with Crippen molar-refractivity contribution in [3.05, 3.63) is 87.7 Å². The Labute approximate surface area is 213 Å². The maximum Gasteiger partial charge on any atom is 0.259 e. The molecule has 0 aliphatic rings. The molecule has 0 spiro atoms. The molecule has 10 heteroatoms. The molecule has 0 fully saturated rings. The van der Waals surface area contributed by atoms with Crippen molar-refractivity contribution in [2.45, 2.75) is 32.6 Å². The summed E-state index contributed by atoms with van der Waals surface area (Å²) >= 11 is 1.42. The molecule has 2 aromatic carbocycles. The van der Waals surface area contributed by atoms with Gasteiger partial charge in [-0.3, -0.25) is 14.9 Å². The van der Waals surface area contributed by atoms with Crippen LogP contribution in [0.2, 0.25) is 0 Å². The number of para-hydroxylation sites is 1. The second-order valence-corrected chi connectivity index (χ2v) is 11.7. The number of amides is 2. The van der Waals surface area contributed by atoms with Crippen molar-refractivity contribution in [2.24, 2.45) is 0 Å². The number of rotatable bonds is 6. The molecule has 2 aromatic heterocycles. The molecule has 2 heterocycles. The number of benzene rings is 2. The lowest BCUT2D eigenvalue weighted by molar-refractivity contribution is 0.101. The average Bonchev–Trinajstić information content (AvgIpc) is 3.29. The zero-order valence-corrected chi connectivity index (χ0v) is 22.2. The van der Waals surface area contributed by atoms with Gasteiger partial charge >= 0.3 is 0 Å². The van der Waals surface area contributed by atoms with Gasteiger partial charge in [-0.25, -0.2) is 13.4 Å². The summed E-state index contributed by atoms with van der Waals surface area (Å²) in [4.78, 5) is 31.8. The highest BCUT2D eigenvalue weighted by molar-refractivity contribution is 7.90. The van der Waals surface area contributed by atoms with E-state index in [2.05, 4.69) is 15.6 Å². The lowest BCUT2D eigenvalue weighted by Gasteiger charge is -2.14. The number of thiazole rings is 1. The van der Waals surface area contributed by atoms with Gasteiger partial charge in [0.25, 0.3) is 11.8 Å². The Hall–Kier alpha value is -3.76. The van der Waals surface area contributed by atoms with Crippen LogP contribution in [-0.2, 0) is 9.84 Å². The van der Waals surface area contributed by atoms with E-state index in [4.69, 9.17) is 0 Å². The van der Waals surface area contributed by atoms with Gasteiger partial charge in [-0.1, -0.05) is 12.1 Å². The fraction of sp³-hybridized carbons (Fsp3) is 0.192. The normalized spacial score (nSPS) is 11.4. The van der Waals surface area contributed by atoms with Crippen LogP contribution >= 0.6 is 11.3 Å². The maximum absolute atomic E-state index is 13.2. The third-order valence-electron chi connectivity index (χ3n) is 5.85. The molecule has 0 radical (unpaired) electrons. The summed E-state index contributed by atoms with van der Waals surface area (Å²) in [5.74, 6) is -0.624. The maximum atomic E-state index is 13.2. The second kappa shape index (κ2) is 9.71. The Balaban J connectivity index is 1.63. The first kappa shape index (κ1) is 25.3. The minimum Gasteiger partial charge on any atom is -0.322 e. The summed E-state index contributed by atoms with van der Waals surface area (Å²) in [6, 6.07) is 15.0. The number of carbonyl (C=O) groups is 2. The molecule has 0 atom stereocenters. The molecule has 0 unspecified atom stereocenters. The first-order valence-corrected chi connectivity index (χ1v) is 13.8. The van der Waals surface area contributed by atoms with E-state index in [0.717, 1.165) is 22.5 Å². The van der Waals surface area contributed by atoms with Gasteiger partial charge in [0.15, 0.2) is 15.0 Å². The molecular weight excluding hydrogens is 496 g/mol. The van der Waals surface area contributed by atoms with Gasteiger partial charge in [0, 0.05) is 28.2 Å². The molecule has 8 nitrogen and oxygen atoms in total. The number of aryl methyl sites for hydroxylation is 3. The van der Waals surface area contributed by atoms with E-state index in [-0.39, 0.29) is 16.7 Å². The van der Waals surface area contributed by atoms with Crippen LogP contribution < -0.4 is 10.6 Å². The fourth-order valence-corrected chi connectivity index (χ4v) is 5.34. The highest BCUT2D eigenvalue weighted by Crippen LogP contribution is 2.27. The quantitative estimate of drug-likeness (QED) is 0.367. The fourth-order valence-electron chi connectivity index (χ4n) is 3.90. The molecule has 0 saturated carbocycles. The highest BCUT2D eigenvalue weighted by Gasteiger charge is 2.21. The zero-order valence-electron chi connectivity index (χ0n) is 20.5. The molecule has 0 bridgehead atoms. The molecule has 4 aromatic rings. The van der Waals surface area contributed by atoms with Gasteiger partial charge in [0.2, 0.25) is 0 Å². The van der Waals surface area contributed by atoms with Crippen LogP contribution in [0.15, 0.2) is 59.5 Å². The minimum atomic E-state index is -3.32. The summed E-state index contributed by atoms with van der Waals surface area (Å²) in [6.07, 6.45) is 1.13. The van der Waals surface area contributed by atoms with Crippen molar-refractivity contribution < 1.29 is 18.0 Å². The van der Waals surface area contributed by atoms with E-state index in [1.807, 2.05) is 44.4 Å². The summed E-state index contributed by atoms with van der Waals surface area (Å²) in [7, 11) is -3.32. The summed E-state index contributed by atoms with van der Waals surface area (Å²) in [5, 5.41) is 6.23. The Bertz CT molecular complexity index is 1560. The van der Waals surface area contributed by atoms with Crippen molar-refractivity contribution in [1.29, 1.82) is 0 Å². The molecule has 4 rings (SSSR count). The SMILES string of the molecule is Cc1nc(NC(=O)c2ccccc2-n2c(C)cc(C(=O)Nc3ccc(S(C)(=O)=O)cc3)c2C)sc1C. The molecule has 2 amide bonds. The zero-order chi connectivity index (χ0) is 26.2. The molecule has 0 aliphatic heterocycles. The lowest BCUT2D eigenvalue weighted by Crippen LogP contribution is -2.16. The minimum absolute atomic E-state index is 0.177. The number of nitrogens with one attached hydrogen (secondary N) is 2. The third kappa shape index (κ3) is 5.09. The molecule has 186 valence electrons. The van der Waals surface area contributed by atoms with Crippen molar-refractivity contribution in [3.63, 3.8) is 0 Å². The van der Waals surface area contributed by atoms with E-state index >= 15 is 0 Å². The molecular formula is C26H26N4O4S2. The van der Waals surface area contributed by atoms with Crippen molar-refractivity contribution in [2.75, 3.05) is 16.9 Å². The smallest absolute Gasteiger partial charge is 0.259 e. The monoisotopic (exact) mass is 522 g/mol. The average molecular weight is 523 g/mol. The van der Waals surface area contributed by atoms with Gasteiger partial charge < -0.3 is 9.88 Å². The molecule has 0 saturated heterocycles. The molecule has 0 aliphatic carbocycles. The number of nitrogens with zero attached hydrogens (tertiary/aromatic N) is 2. The lowest BCUT2D eigenvalue weighted by atomic mass is 10.1. The van der Waals surface area contributed by atoms with Crippen LogP contribution in [0.25, 0.3) is 5.69 Å². The molecule has 36 heavy (non-hydrogen) atoms. The Morgan fingerprint density at radius 3 is 2.14 bits per heavy atom. The predicted octanol–water partition coefficient (Wildman–Crippen LogP) is 5.08. The van der Waals surface area contributed by atoms with Crippen LogP contribution in [0.1, 0.15) is 42.7 Å². The first-order chi connectivity index (χ1) is 17.0. The third-order valence-corrected chi connectivity index (χ3v) is 7.97. The van der Waals surface area contributed by atoms with Crippen molar-refractivity contribution >= 4 is 43.8 Å². The van der Waals surface area contributed by atoms with Crippen LogP contribution in [0.4, 0.5) is 10.8 Å². The Morgan fingerprint density at radius 1 is 0.889 bits per heavy atom. The largest absolute Gasteiger partial charge is 0.322 e. The van der Waals surface area contributed by atoms with Crippen LogP contribution in [-0.4, -0.2) is 36.0 Å². The topological polar surface area (TPSA) is 110 Å². The standard InChI is InChI=1S/C26H26N4O4S2/c1-15-14-22(25(32)28-19-10-12-20(13-11-19)36(5,33)34)17(3)30(15)23-9-7-6-8-21(23)24(31)29-26-27-16(2)18(4)35-26/h6-14H,1-5H3,(H,28,32)(H,27,29,31). The van der Waals surface area contributed by atoms with E-state index in [9.17, 15) is 18.0 Å². The van der Waals surface area contributed by atoms with Gasteiger partial charge in [-0.05, 0) is 70.2 Å². The summed E-state index contributed by atoms with van der Waals surface area (Å²) in [5.41, 5.74) is 4.35. The molecule has 2 N–H and O–H groups in total.